The van der Waals surface area contributed by atoms with Crippen LogP contribution in [0, 0.1) is 5.41 Å². The van der Waals surface area contributed by atoms with Crippen LogP contribution in [-0.2, 0) is 17.8 Å². The first-order chi connectivity index (χ1) is 9.23. The van der Waals surface area contributed by atoms with Gasteiger partial charge in [0, 0.05) is 13.0 Å². The smallest absolute Gasteiger partial charge is 0.228 e. The summed E-state index contributed by atoms with van der Waals surface area (Å²) in [7, 11) is 0. The predicted molar refractivity (Wildman–Crippen MR) is 70.9 cm³/mol. The normalized spacial score (nSPS) is 19.2. The van der Waals surface area contributed by atoms with Crippen LogP contribution in [0.25, 0.3) is 0 Å². The maximum atomic E-state index is 12.1. The fraction of sp³-hybridized carbons (Fsp3) is 0.533. The van der Waals surface area contributed by atoms with E-state index in [9.17, 15) is 9.90 Å². The third kappa shape index (κ3) is 2.21. The molecule has 0 unspecified atom stereocenters. The molecule has 2 aliphatic rings. The summed E-state index contributed by atoms with van der Waals surface area (Å²) in [4.78, 5) is 12.1. The molecule has 1 heterocycles. The van der Waals surface area contributed by atoms with Gasteiger partial charge in [-0.05, 0) is 30.0 Å². The molecule has 1 aromatic carbocycles. The molecule has 19 heavy (non-hydrogen) atoms. The number of nitrogens with one attached hydrogen (secondary N) is 1. The maximum absolute atomic E-state index is 12.1. The first-order valence-corrected chi connectivity index (χ1v) is 6.87. The van der Waals surface area contributed by atoms with Crippen molar-refractivity contribution in [3.05, 3.63) is 29.3 Å². The van der Waals surface area contributed by atoms with Gasteiger partial charge in [0.05, 0.1) is 18.6 Å². The summed E-state index contributed by atoms with van der Waals surface area (Å²) in [5.74, 6) is 0.943. The Morgan fingerprint density at radius 3 is 2.95 bits per heavy atom. The molecule has 0 spiro atoms. The second-order valence-corrected chi connectivity index (χ2v) is 5.52. The average Bonchev–Trinajstić information content (AvgIpc) is 2.83. The van der Waals surface area contributed by atoms with E-state index in [0.29, 0.717) is 6.54 Å². The Morgan fingerprint density at radius 1 is 1.42 bits per heavy atom. The average molecular weight is 261 g/mol. The number of carbonyl (C=O) groups is 1. The lowest BCUT2D eigenvalue weighted by Gasteiger charge is -2.38. The molecule has 0 atom stereocenters. The number of carbonyl (C=O) groups excluding carboxylic acids is 1. The predicted octanol–water partition coefficient (Wildman–Crippen LogP) is 1.40. The van der Waals surface area contributed by atoms with Gasteiger partial charge in [0.25, 0.3) is 0 Å². The molecule has 4 nitrogen and oxygen atoms in total. The lowest BCUT2D eigenvalue weighted by Crippen LogP contribution is -2.47. The van der Waals surface area contributed by atoms with Crippen molar-refractivity contribution < 1.29 is 14.6 Å². The van der Waals surface area contributed by atoms with Crippen LogP contribution < -0.4 is 10.1 Å². The first-order valence-electron chi connectivity index (χ1n) is 6.87. The van der Waals surface area contributed by atoms with Gasteiger partial charge in [-0.1, -0.05) is 18.6 Å². The highest BCUT2D eigenvalue weighted by molar-refractivity contribution is 5.83. The number of ether oxygens (including phenoxy) is 1. The number of rotatable bonds is 4. The van der Waals surface area contributed by atoms with E-state index in [1.54, 1.807) is 0 Å². The van der Waals surface area contributed by atoms with Crippen LogP contribution in [0.15, 0.2) is 18.2 Å². The molecule has 2 N–H and O–H groups in total. The van der Waals surface area contributed by atoms with Crippen LogP contribution in [0.5, 0.6) is 5.75 Å². The molecule has 1 aliphatic carbocycles. The van der Waals surface area contributed by atoms with Gasteiger partial charge in [-0.25, -0.2) is 0 Å². The van der Waals surface area contributed by atoms with E-state index in [4.69, 9.17) is 4.74 Å². The molecule has 0 bridgehead atoms. The number of amides is 1. The minimum absolute atomic E-state index is 0.0157. The zero-order valence-corrected chi connectivity index (χ0v) is 10.9. The molecule has 102 valence electrons. The van der Waals surface area contributed by atoms with E-state index < -0.39 is 5.41 Å². The standard InChI is InChI=1S/C15H19NO3/c17-10-15(5-1-6-15)14(18)16-9-11-2-3-13-12(8-11)4-7-19-13/h2-3,8,17H,1,4-7,9-10H2,(H,16,18). The molecule has 0 saturated heterocycles. The van der Waals surface area contributed by atoms with Gasteiger partial charge >= 0.3 is 0 Å². The first kappa shape index (κ1) is 12.5. The summed E-state index contributed by atoms with van der Waals surface area (Å²) in [6.45, 7) is 1.23. The van der Waals surface area contributed by atoms with Crippen molar-refractivity contribution in [3.63, 3.8) is 0 Å². The highest BCUT2D eigenvalue weighted by atomic mass is 16.5. The van der Waals surface area contributed by atoms with Gasteiger partial charge in [-0.3, -0.25) is 4.79 Å². The van der Waals surface area contributed by atoms with E-state index in [2.05, 4.69) is 11.4 Å². The molecular formula is C15H19NO3. The molecule has 4 heteroatoms. The summed E-state index contributed by atoms with van der Waals surface area (Å²) in [5.41, 5.74) is 1.79. The van der Waals surface area contributed by atoms with Crippen LogP contribution in [0.1, 0.15) is 30.4 Å². The van der Waals surface area contributed by atoms with Gasteiger partial charge in [0.2, 0.25) is 5.91 Å². The zero-order valence-electron chi connectivity index (χ0n) is 10.9. The number of aliphatic hydroxyl groups excluding tert-OH is 1. The van der Waals surface area contributed by atoms with E-state index in [1.807, 2.05) is 12.1 Å². The van der Waals surface area contributed by atoms with Crippen molar-refractivity contribution in [2.45, 2.75) is 32.2 Å². The van der Waals surface area contributed by atoms with Gasteiger partial charge in [-0.2, -0.15) is 0 Å². The highest BCUT2D eigenvalue weighted by Gasteiger charge is 2.43. The Labute approximate surface area is 112 Å². The number of fused-ring (bicyclic) bond motifs is 1. The molecule has 1 aromatic rings. The summed E-state index contributed by atoms with van der Waals surface area (Å²) < 4.78 is 5.46. The summed E-state index contributed by atoms with van der Waals surface area (Å²) >= 11 is 0. The molecule has 3 rings (SSSR count). The number of hydrogen-bond donors (Lipinski definition) is 2. The third-order valence-corrected chi connectivity index (χ3v) is 4.30. The molecule has 0 aromatic heterocycles. The quantitative estimate of drug-likeness (QED) is 0.861. The number of aliphatic hydroxyl groups is 1. The molecule has 1 saturated carbocycles. The molecule has 1 fully saturated rings. The van der Waals surface area contributed by atoms with Gasteiger partial charge in [0.15, 0.2) is 0 Å². The Hall–Kier alpha value is -1.55. The summed E-state index contributed by atoms with van der Waals surface area (Å²) in [6.07, 6.45) is 3.57. The van der Waals surface area contributed by atoms with Crippen molar-refractivity contribution in [2.75, 3.05) is 13.2 Å². The Bertz CT molecular complexity index is 489. The molecule has 1 aliphatic heterocycles. The number of benzene rings is 1. The van der Waals surface area contributed by atoms with Crippen LogP contribution in [-0.4, -0.2) is 24.2 Å². The van der Waals surface area contributed by atoms with Crippen molar-refractivity contribution in [1.29, 1.82) is 0 Å². The van der Waals surface area contributed by atoms with Crippen molar-refractivity contribution in [1.82, 2.24) is 5.32 Å². The van der Waals surface area contributed by atoms with Crippen LogP contribution in [0.4, 0.5) is 0 Å². The van der Waals surface area contributed by atoms with Crippen molar-refractivity contribution in [2.24, 2.45) is 5.41 Å². The Balaban J connectivity index is 1.62. The lowest BCUT2D eigenvalue weighted by atomic mass is 9.68. The maximum Gasteiger partial charge on any atom is 0.228 e. The van der Waals surface area contributed by atoms with Gasteiger partial charge in [0.1, 0.15) is 5.75 Å². The summed E-state index contributed by atoms with van der Waals surface area (Å²) in [6, 6.07) is 6.04. The van der Waals surface area contributed by atoms with Crippen molar-refractivity contribution >= 4 is 5.91 Å². The highest BCUT2D eigenvalue weighted by Crippen LogP contribution is 2.40. The van der Waals surface area contributed by atoms with Crippen LogP contribution >= 0.6 is 0 Å². The number of hydrogen-bond acceptors (Lipinski definition) is 3. The fourth-order valence-electron chi connectivity index (χ4n) is 2.78. The topological polar surface area (TPSA) is 58.6 Å². The third-order valence-electron chi connectivity index (χ3n) is 4.30. The second kappa shape index (κ2) is 4.85. The summed E-state index contributed by atoms with van der Waals surface area (Å²) in [5, 5.41) is 12.3. The SMILES string of the molecule is O=C(NCc1ccc2c(c1)CCO2)C1(CO)CCC1. The van der Waals surface area contributed by atoms with Gasteiger partial charge < -0.3 is 15.2 Å². The Morgan fingerprint density at radius 2 is 2.26 bits per heavy atom. The van der Waals surface area contributed by atoms with E-state index in [-0.39, 0.29) is 12.5 Å². The zero-order chi connectivity index (χ0) is 13.3. The lowest BCUT2D eigenvalue weighted by molar-refractivity contribution is -0.139. The fourth-order valence-corrected chi connectivity index (χ4v) is 2.78. The van der Waals surface area contributed by atoms with Crippen LogP contribution in [0.3, 0.4) is 0 Å². The minimum atomic E-state index is -0.514. The van der Waals surface area contributed by atoms with E-state index in [0.717, 1.165) is 43.6 Å². The molecular weight excluding hydrogens is 242 g/mol. The van der Waals surface area contributed by atoms with Crippen molar-refractivity contribution in [3.8, 4) is 5.75 Å². The van der Waals surface area contributed by atoms with E-state index >= 15 is 0 Å². The molecule has 1 amide bonds. The second-order valence-electron chi connectivity index (χ2n) is 5.52. The van der Waals surface area contributed by atoms with E-state index in [1.165, 1.54) is 5.56 Å². The largest absolute Gasteiger partial charge is 0.493 e. The van der Waals surface area contributed by atoms with Gasteiger partial charge in [-0.15, -0.1) is 0 Å². The monoisotopic (exact) mass is 261 g/mol. The minimum Gasteiger partial charge on any atom is -0.493 e. The Kier molecular flexibility index (Phi) is 3.19. The van der Waals surface area contributed by atoms with Crippen LogP contribution in [0.2, 0.25) is 0 Å². The molecule has 0 radical (unpaired) electrons.